The van der Waals surface area contributed by atoms with E-state index in [9.17, 15) is 8.78 Å². The molecule has 0 saturated heterocycles. The summed E-state index contributed by atoms with van der Waals surface area (Å²) in [6.07, 6.45) is 0. The van der Waals surface area contributed by atoms with E-state index < -0.39 is 6.61 Å². The highest BCUT2D eigenvalue weighted by molar-refractivity contribution is 5.77. The predicted octanol–water partition coefficient (Wildman–Crippen LogP) is 1.67. The van der Waals surface area contributed by atoms with Gasteiger partial charge in [0.15, 0.2) is 17.5 Å². The Bertz CT molecular complexity index is 453. The molecule has 2 N–H and O–H groups in total. The van der Waals surface area contributed by atoms with Crippen LogP contribution in [0.5, 0.6) is 11.5 Å². The maximum absolute atomic E-state index is 12.2. The molecule has 0 aliphatic heterocycles. The van der Waals surface area contributed by atoms with Crippen LogP contribution in [-0.4, -0.2) is 38.7 Å². The number of benzene rings is 1. The molecular formula is C12H17F2N3O2. The van der Waals surface area contributed by atoms with Crippen LogP contribution in [0.3, 0.4) is 0 Å². The summed E-state index contributed by atoms with van der Waals surface area (Å²) in [4.78, 5) is 5.57. The van der Waals surface area contributed by atoms with Gasteiger partial charge < -0.3 is 20.1 Å². The molecule has 0 aromatic heterocycles. The summed E-state index contributed by atoms with van der Waals surface area (Å²) in [5, 5.41) is 0. The lowest BCUT2D eigenvalue weighted by molar-refractivity contribution is -0.0512. The van der Waals surface area contributed by atoms with E-state index in [1.807, 2.05) is 0 Å². The molecule has 1 aromatic carbocycles. The minimum atomic E-state index is -2.88. The van der Waals surface area contributed by atoms with Gasteiger partial charge in [0.1, 0.15) is 0 Å². The average Bonchev–Trinajstić information content (AvgIpc) is 2.38. The van der Waals surface area contributed by atoms with Crippen molar-refractivity contribution in [1.29, 1.82) is 0 Å². The van der Waals surface area contributed by atoms with E-state index in [0.717, 1.165) is 5.56 Å². The monoisotopic (exact) mass is 273 g/mol. The molecule has 106 valence electrons. The Kier molecular flexibility index (Phi) is 5.35. The molecule has 7 heteroatoms. The minimum absolute atomic E-state index is 0.000957. The van der Waals surface area contributed by atoms with E-state index in [1.165, 1.54) is 13.2 Å². The standard InChI is InChI=1S/C12H17F2N3O2/c1-16-12(15)17(2)7-8-4-5-9(19-11(13)14)10(6-8)18-3/h4-6,11H,7H2,1-3H3,(H2,15,16). The van der Waals surface area contributed by atoms with Gasteiger partial charge in [-0.15, -0.1) is 0 Å². The number of nitrogens with zero attached hydrogens (tertiary/aromatic N) is 2. The van der Waals surface area contributed by atoms with Crippen LogP contribution in [0, 0.1) is 0 Å². The normalized spacial score (nSPS) is 11.6. The first-order valence-electron chi connectivity index (χ1n) is 5.53. The number of aliphatic imine (C=N–C) groups is 1. The summed E-state index contributed by atoms with van der Waals surface area (Å²) in [5.74, 6) is 0.631. The number of guanidine groups is 1. The van der Waals surface area contributed by atoms with E-state index in [4.69, 9.17) is 10.5 Å². The molecule has 0 spiro atoms. The fraction of sp³-hybridized carbons (Fsp3) is 0.417. The lowest BCUT2D eigenvalue weighted by Gasteiger charge is -2.18. The second kappa shape index (κ2) is 6.77. The van der Waals surface area contributed by atoms with Gasteiger partial charge in [0.25, 0.3) is 0 Å². The highest BCUT2D eigenvalue weighted by atomic mass is 19.3. The molecule has 0 fully saturated rings. The zero-order chi connectivity index (χ0) is 14.4. The van der Waals surface area contributed by atoms with Crippen LogP contribution in [0.15, 0.2) is 23.2 Å². The topological polar surface area (TPSA) is 60.1 Å². The van der Waals surface area contributed by atoms with Crippen LogP contribution in [0.2, 0.25) is 0 Å². The third-order valence-electron chi connectivity index (χ3n) is 2.48. The minimum Gasteiger partial charge on any atom is -0.493 e. The second-order valence-corrected chi connectivity index (χ2v) is 3.80. The molecule has 0 unspecified atom stereocenters. The number of methoxy groups -OCH3 is 1. The number of ether oxygens (including phenoxy) is 2. The highest BCUT2D eigenvalue weighted by Crippen LogP contribution is 2.29. The molecule has 0 saturated carbocycles. The molecule has 0 heterocycles. The lowest BCUT2D eigenvalue weighted by atomic mass is 10.2. The number of hydrogen-bond acceptors (Lipinski definition) is 3. The van der Waals surface area contributed by atoms with Gasteiger partial charge in [0, 0.05) is 20.6 Å². The summed E-state index contributed by atoms with van der Waals surface area (Å²) in [5.41, 5.74) is 6.49. The third kappa shape index (κ3) is 4.27. The number of halogens is 2. The van der Waals surface area contributed by atoms with Crippen molar-refractivity contribution in [1.82, 2.24) is 4.90 Å². The summed E-state index contributed by atoms with van der Waals surface area (Å²) in [6, 6.07) is 4.73. The van der Waals surface area contributed by atoms with Crippen molar-refractivity contribution in [2.24, 2.45) is 10.7 Å². The van der Waals surface area contributed by atoms with Gasteiger partial charge in [0.2, 0.25) is 0 Å². The first-order chi connectivity index (χ1) is 8.97. The van der Waals surface area contributed by atoms with Gasteiger partial charge in [-0.3, -0.25) is 4.99 Å². The van der Waals surface area contributed by atoms with Crippen LogP contribution < -0.4 is 15.2 Å². The average molecular weight is 273 g/mol. The van der Waals surface area contributed by atoms with Crippen molar-refractivity contribution in [3.63, 3.8) is 0 Å². The van der Waals surface area contributed by atoms with E-state index in [2.05, 4.69) is 9.73 Å². The highest BCUT2D eigenvalue weighted by Gasteiger charge is 2.12. The maximum atomic E-state index is 12.2. The molecule has 0 aliphatic rings. The van der Waals surface area contributed by atoms with Crippen LogP contribution in [0.1, 0.15) is 5.56 Å². The first kappa shape index (κ1) is 15.0. The molecule has 0 atom stereocenters. The van der Waals surface area contributed by atoms with Crippen LogP contribution in [0.25, 0.3) is 0 Å². The van der Waals surface area contributed by atoms with Gasteiger partial charge in [-0.25, -0.2) is 0 Å². The summed E-state index contributed by atoms with van der Waals surface area (Å²) < 4.78 is 33.7. The van der Waals surface area contributed by atoms with Gasteiger partial charge in [-0.2, -0.15) is 8.78 Å². The largest absolute Gasteiger partial charge is 0.493 e. The maximum Gasteiger partial charge on any atom is 0.387 e. The molecule has 1 aromatic rings. The first-order valence-corrected chi connectivity index (χ1v) is 5.53. The molecule has 0 bridgehead atoms. The Morgan fingerprint density at radius 1 is 1.42 bits per heavy atom. The second-order valence-electron chi connectivity index (χ2n) is 3.80. The zero-order valence-electron chi connectivity index (χ0n) is 11.1. The van der Waals surface area contributed by atoms with Crippen molar-refractivity contribution >= 4 is 5.96 Å². The summed E-state index contributed by atoms with van der Waals surface area (Å²) in [7, 11) is 4.76. The fourth-order valence-electron chi connectivity index (χ4n) is 1.53. The number of alkyl halides is 2. The molecule has 5 nitrogen and oxygen atoms in total. The smallest absolute Gasteiger partial charge is 0.387 e. The van der Waals surface area contributed by atoms with Crippen LogP contribution in [-0.2, 0) is 6.54 Å². The van der Waals surface area contributed by atoms with Gasteiger partial charge in [-0.1, -0.05) is 6.07 Å². The van der Waals surface area contributed by atoms with Gasteiger partial charge in [-0.05, 0) is 17.7 Å². The number of nitrogens with two attached hydrogens (primary N) is 1. The van der Waals surface area contributed by atoms with E-state index >= 15 is 0 Å². The quantitative estimate of drug-likeness (QED) is 0.655. The van der Waals surface area contributed by atoms with Gasteiger partial charge in [0.05, 0.1) is 7.11 Å². The molecule has 0 aliphatic carbocycles. The molecular weight excluding hydrogens is 256 g/mol. The van der Waals surface area contributed by atoms with Crippen molar-refractivity contribution in [2.45, 2.75) is 13.2 Å². The Balaban J connectivity index is 2.88. The Hall–Kier alpha value is -2.05. The molecule has 19 heavy (non-hydrogen) atoms. The zero-order valence-corrected chi connectivity index (χ0v) is 11.1. The molecule has 0 amide bonds. The van der Waals surface area contributed by atoms with Crippen molar-refractivity contribution in [2.75, 3.05) is 21.2 Å². The van der Waals surface area contributed by atoms with Crippen molar-refractivity contribution in [3.05, 3.63) is 23.8 Å². The van der Waals surface area contributed by atoms with Crippen molar-refractivity contribution < 1.29 is 18.3 Å². The number of hydrogen-bond donors (Lipinski definition) is 1. The molecule has 0 radical (unpaired) electrons. The summed E-state index contributed by atoms with van der Waals surface area (Å²) in [6.45, 7) is -2.40. The third-order valence-corrected chi connectivity index (χ3v) is 2.48. The fourth-order valence-corrected chi connectivity index (χ4v) is 1.53. The Labute approximate surface area is 110 Å². The van der Waals surface area contributed by atoms with Crippen molar-refractivity contribution in [3.8, 4) is 11.5 Å². The van der Waals surface area contributed by atoms with Crippen LogP contribution in [0.4, 0.5) is 8.78 Å². The van der Waals surface area contributed by atoms with E-state index in [-0.39, 0.29) is 11.5 Å². The van der Waals surface area contributed by atoms with Gasteiger partial charge >= 0.3 is 6.61 Å². The predicted molar refractivity (Wildman–Crippen MR) is 68.6 cm³/mol. The lowest BCUT2D eigenvalue weighted by Crippen LogP contribution is -2.33. The Morgan fingerprint density at radius 2 is 2.11 bits per heavy atom. The van der Waals surface area contributed by atoms with E-state index in [1.54, 1.807) is 31.1 Å². The molecule has 1 rings (SSSR count). The Morgan fingerprint density at radius 3 is 2.63 bits per heavy atom. The van der Waals surface area contributed by atoms with Crippen LogP contribution >= 0.6 is 0 Å². The SMILES string of the molecule is CN=C(N)N(C)Cc1ccc(OC(F)F)c(OC)c1. The van der Waals surface area contributed by atoms with E-state index in [0.29, 0.717) is 12.5 Å². The summed E-state index contributed by atoms with van der Waals surface area (Å²) >= 11 is 0. The number of rotatable bonds is 5.